The maximum atomic E-state index is 8.71. The maximum absolute atomic E-state index is 8.71. The van der Waals surface area contributed by atoms with Gasteiger partial charge in [-0.15, -0.1) is 0 Å². The number of ether oxygens (including phenoxy) is 2. The molecular weight excluding hydrogens is 158 g/mol. The van der Waals surface area contributed by atoms with E-state index in [1.165, 1.54) is 0 Å². The van der Waals surface area contributed by atoms with Crippen molar-refractivity contribution >= 4 is 0 Å². The lowest BCUT2D eigenvalue weighted by Crippen LogP contribution is -2.10. The van der Waals surface area contributed by atoms with E-state index >= 15 is 0 Å². The molecule has 74 valence electrons. The quantitative estimate of drug-likeness (QED) is 0.407. The zero-order valence-electron chi connectivity index (χ0n) is 7.66. The van der Waals surface area contributed by atoms with Crippen molar-refractivity contribution < 1.29 is 14.6 Å². The average Bonchev–Trinajstić information content (AvgIpc) is 2.02. The number of rotatable bonds is 8. The Morgan fingerprint density at radius 2 is 1.92 bits per heavy atom. The Morgan fingerprint density at radius 1 is 1.25 bits per heavy atom. The van der Waals surface area contributed by atoms with Gasteiger partial charge in [0.05, 0.1) is 6.61 Å². The minimum Gasteiger partial charge on any atom is -0.381 e. The molecule has 1 atom stereocenters. The van der Waals surface area contributed by atoms with Gasteiger partial charge in [0.15, 0.2) is 6.29 Å². The van der Waals surface area contributed by atoms with Crippen molar-refractivity contribution in [1.82, 2.24) is 0 Å². The van der Waals surface area contributed by atoms with Crippen LogP contribution in [0.4, 0.5) is 0 Å². The van der Waals surface area contributed by atoms with Crippen LogP contribution in [0.3, 0.4) is 0 Å². The molecule has 0 aromatic carbocycles. The van der Waals surface area contributed by atoms with Crippen molar-refractivity contribution in [1.29, 1.82) is 0 Å². The third-order valence-corrected chi connectivity index (χ3v) is 1.28. The van der Waals surface area contributed by atoms with E-state index < -0.39 is 6.29 Å². The fourth-order valence-corrected chi connectivity index (χ4v) is 0.702. The molecule has 4 heteroatoms. The molecule has 1 unspecified atom stereocenters. The molecule has 0 aliphatic rings. The Bertz CT molecular complexity index is 88.4. The SMILES string of the molecule is CC(O)OCCCOCCCN. The van der Waals surface area contributed by atoms with Crippen molar-refractivity contribution in [2.24, 2.45) is 5.73 Å². The standard InChI is InChI=1S/C8H19NO3/c1-8(10)12-7-3-6-11-5-2-4-9/h8,10H,2-7,9H2,1H3. The highest BCUT2D eigenvalue weighted by Gasteiger charge is 1.93. The second-order valence-corrected chi connectivity index (χ2v) is 2.58. The summed E-state index contributed by atoms with van der Waals surface area (Å²) in [5, 5.41) is 8.71. The van der Waals surface area contributed by atoms with Crippen LogP contribution in [0, 0.1) is 0 Å². The van der Waals surface area contributed by atoms with E-state index in [0.29, 0.717) is 26.4 Å². The van der Waals surface area contributed by atoms with Gasteiger partial charge >= 0.3 is 0 Å². The Balaban J connectivity index is 2.82. The van der Waals surface area contributed by atoms with Crippen molar-refractivity contribution in [3.05, 3.63) is 0 Å². The predicted molar refractivity (Wildman–Crippen MR) is 46.7 cm³/mol. The topological polar surface area (TPSA) is 64.7 Å². The molecule has 0 bridgehead atoms. The fourth-order valence-electron chi connectivity index (χ4n) is 0.702. The molecule has 0 aliphatic carbocycles. The van der Waals surface area contributed by atoms with Gasteiger partial charge in [0, 0.05) is 13.2 Å². The molecule has 0 heterocycles. The molecule has 0 spiro atoms. The van der Waals surface area contributed by atoms with Crippen LogP contribution in [0.2, 0.25) is 0 Å². The lowest BCUT2D eigenvalue weighted by atomic mass is 10.4. The number of nitrogens with two attached hydrogens (primary N) is 1. The molecule has 0 saturated carbocycles. The van der Waals surface area contributed by atoms with Gasteiger partial charge in [-0.3, -0.25) is 0 Å². The van der Waals surface area contributed by atoms with Crippen molar-refractivity contribution in [2.75, 3.05) is 26.4 Å². The Kier molecular flexibility index (Phi) is 8.81. The first kappa shape index (κ1) is 11.8. The van der Waals surface area contributed by atoms with Crippen LogP contribution in [-0.2, 0) is 9.47 Å². The lowest BCUT2D eigenvalue weighted by Gasteiger charge is -2.06. The van der Waals surface area contributed by atoms with Crippen LogP contribution in [-0.4, -0.2) is 37.8 Å². The molecule has 0 aliphatic heterocycles. The van der Waals surface area contributed by atoms with Crippen molar-refractivity contribution in [3.63, 3.8) is 0 Å². The normalized spacial score (nSPS) is 13.2. The van der Waals surface area contributed by atoms with E-state index in [-0.39, 0.29) is 0 Å². The van der Waals surface area contributed by atoms with Crippen molar-refractivity contribution in [3.8, 4) is 0 Å². The van der Waals surface area contributed by atoms with Crippen LogP contribution in [0.15, 0.2) is 0 Å². The van der Waals surface area contributed by atoms with Crippen LogP contribution in [0.1, 0.15) is 19.8 Å². The number of hydrogen-bond acceptors (Lipinski definition) is 4. The summed E-state index contributed by atoms with van der Waals surface area (Å²) >= 11 is 0. The summed E-state index contributed by atoms with van der Waals surface area (Å²) in [5.74, 6) is 0. The van der Waals surface area contributed by atoms with Gasteiger partial charge in [-0.25, -0.2) is 0 Å². The van der Waals surface area contributed by atoms with Crippen LogP contribution < -0.4 is 5.73 Å². The second-order valence-electron chi connectivity index (χ2n) is 2.58. The van der Waals surface area contributed by atoms with Crippen molar-refractivity contribution in [2.45, 2.75) is 26.1 Å². The number of hydrogen-bond donors (Lipinski definition) is 2. The van der Waals surface area contributed by atoms with Gasteiger partial charge in [-0.2, -0.15) is 0 Å². The first-order valence-electron chi connectivity index (χ1n) is 4.35. The van der Waals surface area contributed by atoms with Crippen LogP contribution in [0.5, 0.6) is 0 Å². The largest absolute Gasteiger partial charge is 0.381 e. The van der Waals surface area contributed by atoms with Gasteiger partial charge in [0.2, 0.25) is 0 Å². The number of aliphatic hydroxyl groups excluding tert-OH is 1. The fraction of sp³-hybridized carbons (Fsp3) is 1.00. The summed E-state index contributed by atoms with van der Waals surface area (Å²) in [5.41, 5.74) is 5.27. The second kappa shape index (κ2) is 8.93. The minimum atomic E-state index is -0.672. The van der Waals surface area contributed by atoms with Crippen LogP contribution in [0.25, 0.3) is 0 Å². The third-order valence-electron chi connectivity index (χ3n) is 1.28. The lowest BCUT2D eigenvalue weighted by molar-refractivity contribution is -0.0891. The highest BCUT2D eigenvalue weighted by molar-refractivity contribution is 4.38. The smallest absolute Gasteiger partial charge is 0.151 e. The summed E-state index contributed by atoms with van der Waals surface area (Å²) < 4.78 is 10.1. The highest BCUT2D eigenvalue weighted by atomic mass is 16.6. The number of aliphatic hydroxyl groups is 1. The molecule has 3 N–H and O–H groups in total. The highest BCUT2D eigenvalue weighted by Crippen LogP contribution is 1.89. The molecule has 0 aromatic rings. The van der Waals surface area contributed by atoms with E-state index in [1.54, 1.807) is 6.92 Å². The van der Waals surface area contributed by atoms with E-state index in [0.717, 1.165) is 12.8 Å². The molecule has 0 fully saturated rings. The molecule has 0 aromatic heterocycles. The molecular formula is C8H19NO3. The summed E-state index contributed by atoms with van der Waals surface area (Å²) in [4.78, 5) is 0. The Morgan fingerprint density at radius 3 is 2.50 bits per heavy atom. The zero-order chi connectivity index (χ0) is 9.23. The molecule has 0 radical (unpaired) electrons. The summed E-state index contributed by atoms with van der Waals surface area (Å²) in [6.45, 7) is 4.19. The third kappa shape index (κ3) is 9.84. The summed E-state index contributed by atoms with van der Waals surface area (Å²) in [7, 11) is 0. The summed E-state index contributed by atoms with van der Waals surface area (Å²) in [6.07, 6.45) is 1.04. The molecule has 0 amide bonds. The Labute approximate surface area is 73.7 Å². The van der Waals surface area contributed by atoms with Gasteiger partial charge in [-0.1, -0.05) is 0 Å². The summed E-state index contributed by atoms with van der Waals surface area (Å²) in [6, 6.07) is 0. The Hall–Kier alpha value is -0.160. The van der Waals surface area contributed by atoms with Gasteiger partial charge in [0.25, 0.3) is 0 Å². The average molecular weight is 177 g/mol. The van der Waals surface area contributed by atoms with Crippen LogP contribution >= 0.6 is 0 Å². The van der Waals surface area contributed by atoms with E-state index in [2.05, 4.69) is 0 Å². The van der Waals surface area contributed by atoms with Gasteiger partial charge in [-0.05, 0) is 26.3 Å². The molecule has 0 rings (SSSR count). The maximum Gasteiger partial charge on any atom is 0.151 e. The molecule has 0 saturated heterocycles. The molecule has 4 nitrogen and oxygen atoms in total. The minimum absolute atomic E-state index is 0.542. The van der Waals surface area contributed by atoms with Gasteiger partial charge < -0.3 is 20.3 Å². The van der Waals surface area contributed by atoms with Gasteiger partial charge in [0.1, 0.15) is 0 Å². The van der Waals surface area contributed by atoms with E-state index in [1.807, 2.05) is 0 Å². The first-order valence-corrected chi connectivity index (χ1v) is 4.35. The first-order chi connectivity index (χ1) is 5.77. The van der Waals surface area contributed by atoms with E-state index in [4.69, 9.17) is 20.3 Å². The zero-order valence-corrected chi connectivity index (χ0v) is 7.66. The predicted octanol–water partition coefficient (Wildman–Crippen LogP) is 0.0968. The monoisotopic (exact) mass is 177 g/mol. The molecule has 12 heavy (non-hydrogen) atoms. The van der Waals surface area contributed by atoms with E-state index in [9.17, 15) is 0 Å².